The van der Waals surface area contributed by atoms with Gasteiger partial charge in [-0.2, -0.15) is 4.98 Å². The second-order valence-corrected chi connectivity index (χ2v) is 14.7. The summed E-state index contributed by atoms with van der Waals surface area (Å²) in [6, 6.07) is 48.5. The number of benzene rings is 6. The van der Waals surface area contributed by atoms with Crippen LogP contribution in [0.2, 0.25) is 0 Å². The van der Waals surface area contributed by atoms with Crippen molar-refractivity contribution in [3.8, 4) is 50.5 Å². The maximum Gasteiger partial charge on any atom is 0.307 e. The van der Waals surface area contributed by atoms with Gasteiger partial charge in [0.2, 0.25) is 0 Å². The van der Waals surface area contributed by atoms with E-state index in [1.54, 1.807) is 11.3 Å². The third kappa shape index (κ3) is 5.54. The van der Waals surface area contributed by atoms with Crippen LogP contribution in [0.1, 0.15) is 18.7 Å². The largest absolute Gasteiger partial charge is 0.423 e. The first kappa shape index (κ1) is 31.5. The lowest BCUT2D eigenvalue weighted by molar-refractivity contribution is 0.574. The molecule has 55 heavy (non-hydrogen) atoms. The van der Waals surface area contributed by atoms with Gasteiger partial charge in [-0.25, -0.2) is 19.9 Å². The maximum absolute atomic E-state index is 6.25. The first-order valence-corrected chi connectivity index (χ1v) is 19.1. The molecule has 11 rings (SSSR count). The predicted molar refractivity (Wildman–Crippen MR) is 223 cm³/mol. The molecule has 0 unspecified atom stereocenters. The van der Waals surface area contributed by atoms with Gasteiger partial charge in [-0.15, -0.1) is 11.3 Å². The highest BCUT2D eigenvalue weighted by atomic mass is 32.1. The van der Waals surface area contributed by atoms with E-state index in [0.29, 0.717) is 23.5 Å². The molecule has 4 heterocycles. The molecule has 4 aromatic heterocycles. The summed E-state index contributed by atoms with van der Waals surface area (Å²) in [5, 5.41) is 3.25. The maximum atomic E-state index is 6.25. The van der Waals surface area contributed by atoms with Gasteiger partial charge in [-0.05, 0) is 78.6 Å². The number of thiazole rings is 1. The van der Waals surface area contributed by atoms with Gasteiger partial charge in [0.1, 0.15) is 10.5 Å². The Morgan fingerprint density at radius 2 is 1.25 bits per heavy atom. The van der Waals surface area contributed by atoms with Crippen molar-refractivity contribution >= 4 is 60.0 Å². The number of nitrogens with zero attached hydrogens (tertiary/aromatic N) is 6. The van der Waals surface area contributed by atoms with Crippen LogP contribution >= 0.6 is 11.3 Å². The average Bonchev–Trinajstić information content (AvgIpc) is 3.97. The van der Waals surface area contributed by atoms with E-state index in [-0.39, 0.29) is 0 Å². The predicted octanol–water partition coefficient (Wildman–Crippen LogP) is 12.1. The summed E-state index contributed by atoms with van der Waals surface area (Å²) in [6.45, 7) is 0. The molecule has 0 aliphatic heterocycles. The molecule has 0 fully saturated rings. The Morgan fingerprint density at radius 1 is 0.509 bits per heavy atom. The van der Waals surface area contributed by atoms with Gasteiger partial charge >= 0.3 is 6.01 Å². The number of rotatable bonds is 6. The number of para-hydroxylation sites is 3. The molecule has 6 aromatic carbocycles. The SMILES string of the molecule is C1=CC(c2nc(-c3ccccc3)nc(-c3ccc4nc(-c5cccc(-c6ccc7c(c6)c6ccccc6n7-c6nc7ccccc7o6)c5)sc4c3)n2)=CCC1. The molecule has 260 valence electrons. The number of fused-ring (bicyclic) bond motifs is 5. The minimum Gasteiger partial charge on any atom is -0.423 e. The van der Waals surface area contributed by atoms with Gasteiger partial charge in [-0.3, -0.25) is 4.57 Å². The fourth-order valence-electron chi connectivity index (χ4n) is 7.46. The molecule has 0 saturated carbocycles. The quantitative estimate of drug-likeness (QED) is 0.170. The van der Waals surface area contributed by atoms with Crippen LogP contribution in [0.4, 0.5) is 0 Å². The van der Waals surface area contributed by atoms with Crippen molar-refractivity contribution in [2.24, 2.45) is 0 Å². The van der Waals surface area contributed by atoms with E-state index in [1.165, 1.54) is 0 Å². The van der Waals surface area contributed by atoms with Crippen molar-refractivity contribution in [1.82, 2.24) is 29.5 Å². The van der Waals surface area contributed by atoms with Crippen molar-refractivity contribution in [2.45, 2.75) is 12.8 Å². The highest BCUT2D eigenvalue weighted by Gasteiger charge is 2.19. The molecule has 0 saturated heterocycles. The van der Waals surface area contributed by atoms with E-state index in [2.05, 4.69) is 108 Å². The molecule has 1 aliphatic rings. The van der Waals surface area contributed by atoms with Crippen molar-refractivity contribution in [1.29, 1.82) is 0 Å². The Morgan fingerprint density at radius 3 is 2.15 bits per heavy atom. The molecule has 0 amide bonds. The van der Waals surface area contributed by atoms with Crippen LogP contribution in [0.25, 0.3) is 99.2 Å². The van der Waals surface area contributed by atoms with Gasteiger partial charge in [0.15, 0.2) is 23.1 Å². The lowest BCUT2D eigenvalue weighted by Gasteiger charge is -2.10. The Bertz CT molecular complexity index is 3140. The summed E-state index contributed by atoms with van der Waals surface area (Å²) in [4.78, 5) is 24.7. The molecule has 8 heteroatoms. The van der Waals surface area contributed by atoms with E-state index >= 15 is 0 Å². The lowest BCUT2D eigenvalue weighted by atomic mass is 10.0. The fraction of sp³-hybridized carbons (Fsp3) is 0.0426. The zero-order valence-electron chi connectivity index (χ0n) is 29.4. The third-order valence-corrected chi connectivity index (χ3v) is 11.2. The number of oxazole rings is 1. The molecule has 0 N–H and O–H groups in total. The number of hydrogen-bond acceptors (Lipinski definition) is 7. The smallest absolute Gasteiger partial charge is 0.307 e. The number of hydrogen-bond donors (Lipinski definition) is 0. The summed E-state index contributed by atoms with van der Waals surface area (Å²) in [7, 11) is 0. The Kier molecular flexibility index (Phi) is 7.34. The standard InChI is InChI=1S/C47H30N6OS/c1-3-12-29(13-4-1)43-50-44(30-14-5-2-6-15-30)52-45(51-43)33-22-24-38-42(28-33)55-46(48-38)34-17-11-16-31(26-34)32-23-25-40-36(27-32)35-18-7-9-20-39(35)53(40)47-49-37-19-8-10-21-41(37)54-47/h1,3-5,7-28H,2,6H2. The fourth-order valence-corrected chi connectivity index (χ4v) is 8.46. The number of allylic oxidation sites excluding steroid dienone is 4. The van der Waals surface area contributed by atoms with Gasteiger partial charge in [0.05, 0.1) is 21.3 Å². The molecule has 0 spiro atoms. The molecule has 0 radical (unpaired) electrons. The molecule has 7 nitrogen and oxygen atoms in total. The van der Waals surface area contributed by atoms with Crippen molar-refractivity contribution in [3.63, 3.8) is 0 Å². The average molecular weight is 727 g/mol. The topological polar surface area (TPSA) is 82.5 Å². The summed E-state index contributed by atoms with van der Waals surface area (Å²) in [5.74, 6) is 2.00. The van der Waals surface area contributed by atoms with Crippen LogP contribution in [0, 0.1) is 0 Å². The zero-order chi connectivity index (χ0) is 36.3. The van der Waals surface area contributed by atoms with E-state index in [9.17, 15) is 0 Å². The Hall–Kier alpha value is -7.03. The molecular weight excluding hydrogens is 697 g/mol. The summed E-state index contributed by atoms with van der Waals surface area (Å²) in [6.07, 6.45) is 8.50. The highest BCUT2D eigenvalue weighted by molar-refractivity contribution is 7.21. The lowest BCUT2D eigenvalue weighted by Crippen LogP contribution is -2.03. The van der Waals surface area contributed by atoms with Crippen LogP contribution in [-0.4, -0.2) is 29.5 Å². The second-order valence-electron chi connectivity index (χ2n) is 13.6. The third-order valence-electron chi connectivity index (χ3n) is 10.2. The van der Waals surface area contributed by atoms with Crippen LogP contribution in [0.15, 0.2) is 162 Å². The van der Waals surface area contributed by atoms with E-state index in [1.807, 2.05) is 54.6 Å². The van der Waals surface area contributed by atoms with Gasteiger partial charge in [-0.1, -0.05) is 103 Å². The first-order valence-electron chi connectivity index (χ1n) is 18.3. The van der Waals surface area contributed by atoms with Crippen LogP contribution in [0.3, 0.4) is 0 Å². The van der Waals surface area contributed by atoms with Crippen molar-refractivity contribution < 1.29 is 4.42 Å². The highest BCUT2D eigenvalue weighted by Crippen LogP contribution is 2.38. The van der Waals surface area contributed by atoms with Crippen molar-refractivity contribution in [2.75, 3.05) is 0 Å². The summed E-state index contributed by atoms with van der Waals surface area (Å²) < 4.78 is 9.44. The summed E-state index contributed by atoms with van der Waals surface area (Å²) >= 11 is 1.68. The van der Waals surface area contributed by atoms with Gasteiger partial charge in [0, 0.05) is 33.0 Å². The van der Waals surface area contributed by atoms with Crippen LogP contribution in [-0.2, 0) is 0 Å². The van der Waals surface area contributed by atoms with E-state index in [0.717, 1.165) is 94.4 Å². The molecule has 0 bridgehead atoms. The number of aromatic nitrogens is 6. The minimum atomic E-state index is 0.562. The zero-order valence-corrected chi connectivity index (χ0v) is 30.2. The monoisotopic (exact) mass is 726 g/mol. The van der Waals surface area contributed by atoms with E-state index in [4.69, 9.17) is 29.3 Å². The van der Waals surface area contributed by atoms with Gasteiger partial charge < -0.3 is 4.42 Å². The van der Waals surface area contributed by atoms with Crippen molar-refractivity contribution in [3.05, 3.63) is 164 Å². The molecule has 1 aliphatic carbocycles. The van der Waals surface area contributed by atoms with Crippen LogP contribution in [0.5, 0.6) is 0 Å². The second kappa shape index (κ2) is 12.8. The minimum absolute atomic E-state index is 0.562. The van der Waals surface area contributed by atoms with E-state index < -0.39 is 0 Å². The van der Waals surface area contributed by atoms with Crippen LogP contribution < -0.4 is 0 Å². The normalized spacial score (nSPS) is 13.0. The Balaban J connectivity index is 0.962. The molecular formula is C47H30N6OS. The van der Waals surface area contributed by atoms with Gasteiger partial charge in [0.25, 0.3) is 0 Å². The molecule has 10 aromatic rings. The molecule has 0 atom stereocenters. The first-order chi connectivity index (χ1) is 27.2. The summed E-state index contributed by atoms with van der Waals surface area (Å²) in [5.41, 5.74) is 10.9. The Labute approximate surface area is 319 Å².